The van der Waals surface area contributed by atoms with Gasteiger partial charge in [-0.05, 0) is 18.1 Å². The quantitative estimate of drug-likeness (QED) is 0.665. The molecule has 3 rings (SSSR count). The Balaban J connectivity index is 1.72. The number of piperazine rings is 1. The van der Waals surface area contributed by atoms with Gasteiger partial charge < -0.3 is 10.2 Å². The average molecular weight is 314 g/mol. The minimum atomic E-state index is -0.416. The van der Waals surface area contributed by atoms with Crippen LogP contribution in [0.1, 0.15) is 11.1 Å². The fourth-order valence-corrected chi connectivity index (χ4v) is 2.40. The highest BCUT2D eigenvalue weighted by Gasteiger charge is 2.17. The Morgan fingerprint density at radius 3 is 2.87 bits per heavy atom. The normalized spacial score (nSPS) is 15.1. The van der Waals surface area contributed by atoms with Gasteiger partial charge in [-0.1, -0.05) is 24.3 Å². The number of hydrogen-bond acceptors (Lipinski definition) is 6. The summed E-state index contributed by atoms with van der Waals surface area (Å²) in [6, 6.07) is 7.91. The average Bonchev–Trinajstić information content (AvgIpc) is 2.59. The number of hydrazone groups is 1. The van der Waals surface area contributed by atoms with Crippen molar-refractivity contribution in [1.29, 1.82) is 0 Å². The Kier molecular flexibility index (Phi) is 4.77. The predicted octanol–water partition coefficient (Wildman–Crippen LogP) is 1.78. The Bertz CT molecular complexity index is 697. The van der Waals surface area contributed by atoms with Gasteiger partial charge in [-0.25, -0.2) is 14.8 Å². The van der Waals surface area contributed by atoms with Gasteiger partial charge in [-0.3, -0.25) is 0 Å². The first-order valence-corrected chi connectivity index (χ1v) is 7.57. The SMILES string of the molecule is Cc1ccccc1/C=N\Nc1ncc(F)c(N2CCNCC2)n1. The molecule has 0 aliphatic carbocycles. The molecule has 2 N–H and O–H groups in total. The lowest BCUT2D eigenvalue weighted by atomic mass is 10.1. The van der Waals surface area contributed by atoms with Crippen LogP contribution in [0.4, 0.5) is 16.2 Å². The van der Waals surface area contributed by atoms with Crippen molar-refractivity contribution >= 4 is 18.0 Å². The number of nitrogens with one attached hydrogen (secondary N) is 2. The molecule has 7 heteroatoms. The Morgan fingerprint density at radius 2 is 2.09 bits per heavy atom. The third-order valence-corrected chi connectivity index (χ3v) is 3.70. The van der Waals surface area contributed by atoms with Gasteiger partial charge in [0.25, 0.3) is 0 Å². The number of hydrogen-bond donors (Lipinski definition) is 2. The van der Waals surface area contributed by atoms with E-state index in [9.17, 15) is 4.39 Å². The minimum absolute atomic E-state index is 0.282. The lowest BCUT2D eigenvalue weighted by Crippen LogP contribution is -2.44. The Hall–Kier alpha value is -2.54. The topological polar surface area (TPSA) is 65.4 Å². The van der Waals surface area contributed by atoms with E-state index < -0.39 is 5.82 Å². The molecule has 1 aromatic carbocycles. The molecule has 0 saturated carbocycles. The first kappa shape index (κ1) is 15.4. The van der Waals surface area contributed by atoms with Crippen LogP contribution >= 0.6 is 0 Å². The van der Waals surface area contributed by atoms with Crippen molar-refractivity contribution in [3.8, 4) is 0 Å². The fraction of sp³-hybridized carbons (Fsp3) is 0.312. The van der Waals surface area contributed by atoms with E-state index in [1.54, 1.807) is 6.21 Å². The Labute approximate surface area is 134 Å². The molecule has 1 fully saturated rings. The number of rotatable bonds is 4. The van der Waals surface area contributed by atoms with Gasteiger partial charge in [-0.15, -0.1) is 0 Å². The summed E-state index contributed by atoms with van der Waals surface area (Å²) in [5.41, 5.74) is 4.89. The van der Waals surface area contributed by atoms with Crippen LogP contribution in [0.2, 0.25) is 0 Å². The van der Waals surface area contributed by atoms with Gasteiger partial charge in [0.2, 0.25) is 5.95 Å². The molecule has 0 atom stereocenters. The van der Waals surface area contributed by atoms with Gasteiger partial charge >= 0.3 is 0 Å². The molecule has 0 radical (unpaired) electrons. The number of aryl methyl sites for hydroxylation is 1. The van der Waals surface area contributed by atoms with Crippen LogP contribution in [0.25, 0.3) is 0 Å². The molecule has 0 unspecified atom stereocenters. The van der Waals surface area contributed by atoms with Gasteiger partial charge in [0.15, 0.2) is 11.6 Å². The molecule has 23 heavy (non-hydrogen) atoms. The molecule has 6 nitrogen and oxygen atoms in total. The largest absolute Gasteiger partial charge is 0.351 e. The van der Waals surface area contributed by atoms with E-state index in [1.807, 2.05) is 36.1 Å². The van der Waals surface area contributed by atoms with E-state index in [4.69, 9.17) is 0 Å². The van der Waals surface area contributed by atoms with E-state index in [-0.39, 0.29) is 5.95 Å². The molecule has 0 bridgehead atoms. The van der Waals surface area contributed by atoms with Gasteiger partial charge in [0, 0.05) is 26.2 Å². The maximum Gasteiger partial charge on any atom is 0.245 e. The first-order chi connectivity index (χ1) is 11.2. The molecule has 1 aliphatic heterocycles. The highest BCUT2D eigenvalue weighted by Crippen LogP contribution is 2.17. The summed E-state index contributed by atoms with van der Waals surface area (Å²) >= 11 is 0. The summed E-state index contributed by atoms with van der Waals surface area (Å²) < 4.78 is 13.9. The van der Waals surface area contributed by atoms with Crippen molar-refractivity contribution in [3.05, 3.63) is 47.4 Å². The van der Waals surface area contributed by atoms with Crippen LogP contribution in [0, 0.1) is 12.7 Å². The molecule has 1 saturated heterocycles. The summed E-state index contributed by atoms with van der Waals surface area (Å²) in [5.74, 6) is 0.181. The van der Waals surface area contributed by atoms with E-state index in [0.717, 1.165) is 37.3 Å². The lowest BCUT2D eigenvalue weighted by molar-refractivity contribution is 0.556. The van der Waals surface area contributed by atoms with E-state index in [1.165, 1.54) is 6.20 Å². The monoisotopic (exact) mass is 314 g/mol. The number of benzene rings is 1. The van der Waals surface area contributed by atoms with Crippen LogP contribution in [0.15, 0.2) is 35.6 Å². The van der Waals surface area contributed by atoms with Crippen molar-refractivity contribution in [2.45, 2.75) is 6.92 Å². The van der Waals surface area contributed by atoms with Crippen molar-refractivity contribution in [2.75, 3.05) is 36.5 Å². The molecule has 0 spiro atoms. The zero-order valence-electron chi connectivity index (χ0n) is 13.0. The van der Waals surface area contributed by atoms with Crippen LogP contribution in [-0.2, 0) is 0 Å². The van der Waals surface area contributed by atoms with Gasteiger partial charge in [0.05, 0.1) is 12.4 Å². The molecule has 2 heterocycles. The zero-order chi connectivity index (χ0) is 16.1. The van der Waals surface area contributed by atoms with Crippen molar-refractivity contribution in [2.24, 2.45) is 5.10 Å². The summed E-state index contributed by atoms with van der Waals surface area (Å²) in [4.78, 5) is 10.1. The van der Waals surface area contributed by atoms with Crippen LogP contribution in [0.5, 0.6) is 0 Å². The maximum absolute atomic E-state index is 13.9. The highest BCUT2D eigenvalue weighted by atomic mass is 19.1. The molecule has 0 amide bonds. The van der Waals surface area contributed by atoms with E-state index in [2.05, 4.69) is 25.8 Å². The third-order valence-electron chi connectivity index (χ3n) is 3.70. The minimum Gasteiger partial charge on any atom is -0.351 e. The van der Waals surface area contributed by atoms with Crippen molar-refractivity contribution in [1.82, 2.24) is 15.3 Å². The smallest absolute Gasteiger partial charge is 0.245 e. The lowest BCUT2D eigenvalue weighted by Gasteiger charge is -2.28. The second kappa shape index (κ2) is 7.15. The fourth-order valence-electron chi connectivity index (χ4n) is 2.40. The van der Waals surface area contributed by atoms with Crippen molar-refractivity contribution in [3.63, 3.8) is 0 Å². The van der Waals surface area contributed by atoms with E-state index >= 15 is 0 Å². The van der Waals surface area contributed by atoms with Crippen LogP contribution in [0.3, 0.4) is 0 Å². The Morgan fingerprint density at radius 1 is 1.30 bits per heavy atom. The molecular weight excluding hydrogens is 295 g/mol. The highest BCUT2D eigenvalue weighted by molar-refractivity contribution is 5.81. The summed E-state index contributed by atoms with van der Waals surface area (Å²) in [6.07, 6.45) is 2.88. The molecular formula is C16H19FN6. The molecule has 1 aliphatic rings. The van der Waals surface area contributed by atoms with Gasteiger partial charge in [-0.2, -0.15) is 10.1 Å². The molecule has 1 aromatic heterocycles. The standard InChI is InChI=1S/C16H19FN6/c1-12-4-2-3-5-13(12)10-20-22-16-19-11-14(17)15(21-16)23-8-6-18-7-9-23/h2-5,10-11,18H,6-9H2,1H3,(H,19,21,22)/b20-10-. The number of halogens is 1. The number of aromatic nitrogens is 2. The summed E-state index contributed by atoms with van der Waals surface area (Å²) in [6.45, 7) is 5.09. The van der Waals surface area contributed by atoms with Crippen LogP contribution in [-0.4, -0.2) is 42.4 Å². The predicted molar refractivity (Wildman–Crippen MR) is 89.5 cm³/mol. The van der Waals surface area contributed by atoms with Gasteiger partial charge in [0.1, 0.15) is 0 Å². The van der Waals surface area contributed by atoms with E-state index in [0.29, 0.717) is 5.82 Å². The van der Waals surface area contributed by atoms with Crippen LogP contribution < -0.4 is 15.6 Å². The number of nitrogens with zero attached hydrogens (tertiary/aromatic N) is 4. The molecule has 2 aromatic rings. The van der Waals surface area contributed by atoms with Crippen molar-refractivity contribution < 1.29 is 4.39 Å². The third kappa shape index (κ3) is 3.81. The second-order valence-electron chi connectivity index (χ2n) is 5.33. The first-order valence-electron chi connectivity index (χ1n) is 7.57. The number of anilines is 2. The zero-order valence-corrected chi connectivity index (χ0v) is 13.0. The molecule has 120 valence electrons. The second-order valence-corrected chi connectivity index (χ2v) is 5.33. The maximum atomic E-state index is 13.9. The summed E-state index contributed by atoms with van der Waals surface area (Å²) in [7, 11) is 0. The summed E-state index contributed by atoms with van der Waals surface area (Å²) in [5, 5.41) is 7.36.